The molecule has 1 amide bonds. The summed E-state index contributed by atoms with van der Waals surface area (Å²) in [5.41, 5.74) is 1.59. The van der Waals surface area contributed by atoms with Gasteiger partial charge < -0.3 is 14.8 Å². The van der Waals surface area contributed by atoms with Crippen molar-refractivity contribution in [1.29, 1.82) is 0 Å². The van der Waals surface area contributed by atoms with E-state index in [1.807, 2.05) is 19.1 Å². The van der Waals surface area contributed by atoms with Crippen LogP contribution in [0.2, 0.25) is 0 Å². The van der Waals surface area contributed by atoms with Crippen molar-refractivity contribution in [3.8, 4) is 5.75 Å². The Hall–Kier alpha value is -1.55. The van der Waals surface area contributed by atoms with Crippen LogP contribution in [0.3, 0.4) is 0 Å². The molecular formula is C13H19NO3. The highest BCUT2D eigenvalue weighted by molar-refractivity contribution is 5.96. The number of nitrogens with one attached hydrogen (secondary N) is 1. The molecule has 0 saturated carbocycles. The molecular weight excluding hydrogens is 218 g/mol. The van der Waals surface area contributed by atoms with E-state index in [9.17, 15) is 4.79 Å². The molecule has 0 fully saturated rings. The summed E-state index contributed by atoms with van der Waals surface area (Å²) >= 11 is 0. The summed E-state index contributed by atoms with van der Waals surface area (Å²) in [7, 11) is 3.24. The first kappa shape index (κ1) is 13.5. The fraction of sp³-hybridized carbons (Fsp3) is 0.462. The normalized spacial score (nSPS) is 10.1. The van der Waals surface area contributed by atoms with Crippen molar-refractivity contribution in [2.75, 3.05) is 27.4 Å². The third-order valence-corrected chi connectivity index (χ3v) is 2.50. The number of aryl methyl sites for hydroxylation is 1. The highest BCUT2D eigenvalue weighted by Gasteiger charge is 2.09. The second kappa shape index (κ2) is 6.91. The zero-order valence-corrected chi connectivity index (χ0v) is 10.6. The number of hydrogen-bond donors (Lipinski definition) is 1. The number of amides is 1. The van der Waals surface area contributed by atoms with E-state index >= 15 is 0 Å². The number of methoxy groups -OCH3 is 2. The first-order valence-electron chi connectivity index (χ1n) is 5.61. The maximum atomic E-state index is 11.9. The molecule has 0 saturated heterocycles. The smallest absolute Gasteiger partial charge is 0.251 e. The van der Waals surface area contributed by atoms with Crippen molar-refractivity contribution >= 4 is 5.91 Å². The largest absolute Gasteiger partial charge is 0.497 e. The summed E-state index contributed by atoms with van der Waals surface area (Å²) in [5, 5.41) is 2.85. The van der Waals surface area contributed by atoms with Crippen LogP contribution < -0.4 is 10.1 Å². The monoisotopic (exact) mass is 237 g/mol. The lowest BCUT2D eigenvalue weighted by molar-refractivity contribution is 0.0947. The molecule has 17 heavy (non-hydrogen) atoms. The molecule has 1 aromatic rings. The molecule has 0 aliphatic rings. The lowest BCUT2D eigenvalue weighted by Crippen LogP contribution is -2.25. The number of hydrogen-bond acceptors (Lipinski definition) is 3. The van der Waals surface area contributed by atoms with Gasteiger partial charge in [0.05, 0.1) is 7.11 Å². The Balaban J connectivity index is 2.61. The lowest BCUT2D eigenvalue weighted by Gasteiger charge is -2.09. The fourth-order valence-corrected chi connectivity index (χ4v) is 1.49. The van der Waals surface area contributed by atoms with Crippen molar-refractivity contribution < 1.29 is 14.3 Å². The molecule has 4 heteroatoms. The lowest BCUT2D eigenvalue weighted by atomic mass is 10.1. The summed E-state index contributed by atoms with van der Waals surface area (Å²) < 4.78 is 10.0. The van der Waals surface area contributed by atoms with E-state index in [-0.39, 0.29) is 5.91 Å². The zero-order valence-electron chi connectivity index (χ0n) is 10.6. The number of carbonyl (C=O) groups is 1. The summed E-state index contributed by atoms with van der Waals surface area (Å²) in [4.78, 5) is 11.9. The zero-order chi connectivity index (χ0) is 12.7. The molecule has 0 heterocycles. The van der Waals surface area contributed by atoms with E-state index < -0.39 is 0 Å². The van der Waals surface area contributed by atoms with E-state index in [1.165, 1.54) is 0 Å². The van der Waals surface area contributed by atoms with Gasteiger partial charge in [-0.05, 0) is 31.0 Å². The first-order valence-corrected chi connectivity index (χ1v) is 5.61. The van der Waals surface area contributed by atoms with Crippen LogP contribution in [0.25, 0.3) is 0 Å². The van der Waals surface area contributed by atoms with Crippen LogP contribution in [0.5, 0.6) is 5.75 Å². The molecule has 0 bridgehead atoms. The second-order valence-electron chi connectivity index (χ2n) is 3.78. The average Bonchev–Trinajstić information content (AvgIpc) is 2.35. The topological polar surface area (TPSA) is 47.6 Å². The Morgan fingerprint density at radius 1 is 1.35 bits per heavy atom. The Bertz CT molecular complexity index is 377. The van der Waals surface area contributed by atoms with Crippen molar-refractivity contribution in [2.45, 2.75) is 13.3 Å². The number of rotatable bonds is 6. The summed E-state index contributed by atoms with van der Waals surface area (Å²) in [6.07, 6.45) is 0.811. The van der Waals surface area contributed by atoms with Crippen molar-refractivity contribution in [3.63, 3.8) is 0 Å². The van der Waals surface area contributed by atoms with E-state index in [0.29, 0.717) is 24.5 Å². The average molecular weight is 237 g/mol. The predicted molar refractivity (Wildman–Crippen MR) is 66.6 cm³/mol. The molecule has 0 spiro atoms. The molecule has 1 N–H and O–H groups in total. The summed E-state index contributed by atoms with van der Waals surface area (Å²) in [5.74, 6) is 0.621. The van der Waals surface area contributed by atoms with E-state index in [1.54, 1.807) is 20.3 Å². The van der Waals surface area contributed by atoms with Gasteiger partial charge in [-0.1, -0.05) is 6.07 Å². The van der Waals surface area contributed by atoms with Crippen LogP contribution in [0.15, 0.2) is 18.2 Å². The predicted octanol–water partition coefficient (Wildman–Crippen LogP) is 1.77. The third-order valence-electron chi connectivity index (χ3n) is 2.50. The Labute approximate surface area is 102 Å². The minimum Gasteiger partial charge on any atom is -0.497 e. The van der Waals surface area contributed by atoms with Gasteiger partial charge in [0.25, 0.3) is 5.91 Å². The van der Waals surface area contributed by atoms with Crippen LogP contribution in [0.1, 0.15) is 22.3 Å². The van der Waals surface area contributed by atoms with Crippen LogP contribution in [-0.4, -0.2) is 33.3 Å². The molecule has 94 valence electrons. The van der Waals surface area contributed by atoms with Crippen molar-refractivity contribution in [3.05, 3.63) is 29.3 Å². The van der Waals surface area contributed by atoms with Crippen LogP contribution in [0.4, 0.5) is 0 Å². The molecule has 1 aromatic carbocycles. The quantitative estimate of drug-likeness (QED) is 0.767. The van der Waals surface area contributed by atoms with Gasteiger partial charge in [0.15, 0.2) is 0 Å². The van der Waals surface area contributed by atoms with Gasteiger partial charge >= 0.3 is 0 Å². The molecule has 0 radical (unpaired) electrons. The van der Waals surface area contributed by atoms with Gasteiger partial charge in [0.1, 0.15) is 5.75 Å². The standard InChI is InChI=1S/C13H19NO3/c1-10-5-6-11(17-3)9-12(10)13(15)14-7-4-8-16-2/h5-6,9H,4,7-8H2,1-3H3,(H,14,15). The summed E-state index contributed by atoms with van der Waals surface area (Å²) in [6.45, 7) is 3.17. The highest BCUT2D eigenvalue weighted by Crippen LogP contribution is 2.16. The minimum atomic E-state index is -0.0718. The molecule has 0 atom stereocenters. The Morgan fingerprint density at radius 3 is 2.76 bits per heavy atom. The fourth-order valence-electron chi connectivity index (χ4n) is 1.49. The molecule has 0 aromatic heterocycles. The van der Waals surface area contributed by atoms with E-state index in [2.05, 4.69) is 5.32 Å². The number of ether oxygens (including phenoxy) is 2. The number of carbonyl (C=O) groups excluding carboxylic acids is 1. The first-order chi connectivity index (χ1) is 8.19. The van der Waals surface area contributed by atoms with Gasteiger partial charge in [-0.25, -0.2) is 0 Å². The van der Waals surface area contributed by atoms with Crippen LogP contribution in [-0.2, 0) is 4.74 Å². The Kier molecular flexibility index (Phi) is 5.49. The minimum absolute atomic E-state index is 0.0718. The van der Waals surface area contributed by atoms with E-state index in [0.717, 1.165) is 12.0 Å². The molecule has 0 unspecified atom stereocenters. The van der Waals surface area contributed by atoms with Gasteiger partial charge in [-0.3, -0.25) is 4.79 Å². The van der Waals surface area contributed by atoms with Gasteiger partial charge in [-0.2, -0.15) is 0 Å². The summed E-state index contributed by atoms with van der Waals surface area (Å²) in [6, 6.07) is 5.47. The van der Waals surface area contributed by atoms with Crippen molar-refractivity contribution in [1.82, 2.24) is 5.32 Å². The van der Waals surface area contributed by atoms with E-state index in [4.69, 9.17) is 9.47 Å². The third kappa shape index (κ3) is 4.07. The maximum Gasteiger partial charge on any atom is 0.251 e. The Morgan fingerprint density at radius 2 is 2.12 bits per heavy atom. The molecule has 0 aliphatic carbocycles. The van der Waals surface area contributed by atoms with Gasteiger partial charge in [0, 0.05) is 25.8 Å². The molecule has 4 nitrogen and oxygen atoms in total. The van der Waals surface area contributed by atoms with Gasteiger partial charge in [0.2, 0.25) is 0 Å². The molecule has 0 aliphatic heterocycles. The number of benzene rings is 1. The highest BCUT2D eigenvalue weighted by atomic mass is 16.5. The van der Waals surface area contributed by atoms with Gasteiger partial charge in [-0.15, -0.1) is 0 Å². The van der Waals surface area contributed by atoms with Crippen LogP contribution >= 0.6 is 0 Å². The second-order valence-corrected chi connectivity index (χ2v) is 3.78. The van der Waals surface area contributed by atoms with Crippen LogP contribution in [0, 0.1) is 6.92 Å². The molecule has 1 rings (SSSR count). The maximum absolute atomic E-state index is 11.9. The van der Waals surface area contributed by atoms with Crippen molar-refractivity contribution in [2.24, 2.45) is 0 Å². The SMILES string of the molecule is COCCCNC(=O)c1cc(OC)ccc1C.